The smallest absolute Gasteiger partial charge is 0.0300 e. The maximum absolute atomic E-state index is 2.44. The Balaban J connectivity index is 2.38. The molecule has 0 nitrogen and oxygen atoms in total. The van der Waals surface area contributed by atoms with Crippen molar-refractivity contribution in [3.63, 3.8) is 0 Å². The highest BCUT2D eigenvalue weighted by Crippen LogP contribution is 2.47. The third kappa shape index (κ3) is 1.12. The van der Waals surface area contributed by atoms with Crippen LogP contribution in [0.1, 0.15) is 46.5 Å². The first-order chi connectivity index (χ1) is 4.19. The summed E-state index contributed by atoms with van der Waals surface area (Å²) in [5.41, 5.74) is 0.731. The molecule has 0 aromatic carbocycles. The predicted molar refractivity (Wildman–Crippen MR) is 41.4 cm³/mol. The average Bonchev–Trinajstić information content (AvgIpc) is 1.81. The van der Waals surface area contributed by atoms with Gasteiger partial charge in [-0.25, -0.2) is 0 Å². The van der Waals surface area contributed by atoms with Crippen molar-refractivity contribution < 1.29 is 0 Å². The standard InChI is InChI=1S/C9H18/c1-4-8(2)9(3)6-5-7-9/h8H,4-7H2,1-3H3. The third-order valence-corrected chi connectivity index (χ3v) is 3.30. The Hall–Kier alpha value is 0. The van der Waals surface area contributed by atoms with Gasteiger partial charge in [0.05, 0.1) is 0 Å². The molecule has 1 unspecified atom stereocenters. The van der Waals surface area contributed by atoms with Gasteiger partial charge in [-0.2, -0.15) is 0 Å². The Morgan fingerprint density at radius 3 is 2.11 bits per heavy atom. The first-order valence-electron chi connectivity index (χ1n) is 4.19. The summed E-state index contributed by atoms with van der Waals surface area (Å²) < 4.78 is 0. The summed E-state index contributed by atoms with van der Waals surface area (Å²) >= 11 is 0. The molecule has 1 aliphatic carbocycles. The van der Waals surface area contributed by atoms with Crippen LogP contribution in [0.15, 0.2) is 0 Å². The molecule has 1 saturated carbocycles. The molecular formula is C9H18. The van der Waals surface area contributed by atoms with Crippen LogP contribution in [0.25, 0.3) is 0 Å². The first kappa shape index (κ1) is 7.11. The van der Waals surface area contributed by atoms with E-state index < -0.39 is 0 Å². The maximum Gasteiger partial charge on any atom is -0.0300 e. The lowest BCUT2D eigenvalue weighted by atomic mass is 9.62. The Morgan fingerprint density at radius 1 is 1.44 bits per heavy atom. The lowest BCUT2D eigenvalue weighted by Crippen LogP contribution is -2.32. The quantitative estimate of drug-likeness (QED) is 0.533. The van der Waals surface area contributed by atoms with Crippen molar-refractivity contribution in [2.24, 2.45) is 11.3 Å². The molecule has 1 atom stereocenters. The van der Waals surface area contributed by atoms with Gasteiger partial charge >= 0.3 is 0 Å². The lowest BCUT2D eigenvalue weighted by molar-refractivity contribution is 0.0798. The summed E-state index contributed by atoms with van der Waals surface area (Å²) in [6, 6.07) is 0. The van der Waals surface area contributed by atoms with Crippen LogP contribution in [0.3, 0.4) is 0 Å². The van der Waals surface area contributed by atoms with Crippen LogP contribution in [0.5, 0.6) is 0 Å². The van der Waals surface area contributed by atoms with E-state index in [0.29, 0.717) is 0 Å². The molecule has 0 aromatic rings. The van der Waals surface area contributed by atoms with Gasteiger partial charge in [-0.05, 0) is 24.2 Å². The van der Waals surface area contributed by atoms with Crippen LogP contribution in [0, 0.1) is 11.3 Å². The number of hydrogen-bond donors (Lipinski definition) is 0. The molecule has 0 bridgehead atoms. The highest BCUT2D eigenvalue weighted by molar-refractivity contribution is 4.86. The van der Waals surface area contributed by atoms with E-state index in [2.05, 4.69) is 20.8 Å². The second-order valence-corrected chi connectivity index (χ2v) is 3.82. The highest BCUT2D eigenvalue weighted by atomic mass is 14.4. The van der Waals surface area contributed by atoms with E-state index in [1.54, 1.807) is 0 Å². The molecule has 0 N–H and O–H groups in total. The molecular weight excluding hydrogens is 108 g/mol. The van der Waals surface area contributed by atoms with Gasteiger partial charge < -0.3 is 0 Å². The minimum absolute atomic E-state index is 0.731. The monoisotopic (exact) mass is 126 g/mol. The Kier molecular flexibility index (Phi) is 1.83. The highest BCUT2D eigenvalue weighted by Gasteiger charge is 2.35. The van der Waals surface area contributed by atoms with Crippen molar-refractivity contribution in [1.82, 2.24) is 0 Å². The maximum atomic E-state index is 2.44. The van der Waals surface area contributed by atoms with Crippen LogP contribution < -0.4 is 0 Å². The van der Waals surface area contributed by atoms with E-state index >= 15 is 0 Å². The van der Waals surface area contributed by atoms with Crippen molar-refractivity contribution in [3.8, 4) is 0 Å². The van der Waals surface area contributed by atoms with Gasteiger partial charge in [0.15, 0.2) is 0 Å². The van der Waals surface area contributed by atoms with Crippen molar-refractivity contribution >= 4 is 0 Å². The number of rotatable bonds is 2. The Labute approximate surface area is 58.7 Å². The van der Waals surface area contributed by atoms with E-state index in [9.17, 15) is 0 Å². The summed E-state index contributed by atoms with van der Waals surface area (Å²) in [6.07, 6.45) is 5.78. The zero-order valence-electron chi connectivity index (χ0n) is 6.91. The van der Waals surface area contributed by atoms with E-state index in [0.717, 1.165) is 11.3 Å². The van der Waals surface area contributed by atoms with Crippen LogP contribution in [0.2, 0.25) is 0 Å². The summed E-state index contributed by atoms with van der Waals surface area (Å²) in [5, 5.41) is 0. The van der Waals surface area contributed by atoms with Crippen LogP contribution in [0.4, 0.5) is 0 Å². The SMILES string of the molecule is CCC(C)C1(C)CCC1. The molecule has 0 spiro atoms. The molecule has 0 aliphatic heterocycles. The van der Waals surface area contributed by atoms with Crippen molar-refractivity contribution in [2.75, 3.05) is 0 Å². The Morgan fingerprint density at radius 2 is 2.00 bits per heavy atom. The van der Waals surface area contributed by atoms with Gasteiger partial charge in [0.2, 0.25) is 0 Å². The average molecular weight is 126 g/mol. The van der Waals surface area contributed by atoms with E-state index in [4.69, 9.17) is 0 Å². The predicted octanol–water partition coefficient (Wildman–Crippen LogP) is 3.22. The fraction of sp³-hybridized carbons (Fsp3) is 1.00. The van der Waals surface area contributed by atoms with Crippen LogP contribution in [-0.2, 0) is 0 Å². The Bertz CT molecular complexity index is 90.2. The minimum Gasteiger partial charge on any atom is -0.0651 e. The van der Waals surface area contributed by atoms with Gasteiger partial charge in [-0.15, -0.1) is 0 Å². The zero-order chi connectivity index (χ0) is 6.91. The molecule has 9 heavy (non-hydrogen) atoms. The van der Waals surface area contributed by atoms with E-state index in [-0.39, 0.29) is 0 Å². The van der Waals surface area contributed by atoms with Gasteiger partial charge in [0.1, 0.15) is 0 Å². The zero-order valence-corrected chi connectivity index (χ0v) is 6.91. The fourth-order valence-corrected chi connectivity index (χ4v) is 1.72. The van der Waals surface area contributed by atoms with Crippen molar-refractivity contribution in [3.05, 3.63) is 0 Å². The molecule has 1 fully saturated rings. The van der Waals surface area contributed by atoms with Crippen LogP contribution >= 0.6 is 0 Å². The van der Waals surface area contributed by atoms with E-state index in [1.165, 1.54) is 25.7 Å². The van der Waals surface area contributed by atoms with Gasteiger partial charge in [-0.3, -0.25) is 0 Å². The molecule has 0 heterocycles. The minimum atomic E-state index is 0.731. The largest absolute Gasteiger partial charge is 0.0651 e. The van der Waals surface area contributed by atoms with Crippen molar-refractivity contribution in [2.45, 2.75) is 46.5 Å². The molecule has 1 rings (SSSR count). The second kappa shape index (κ2) is 2.32. The summed E-state index contributed by atoms with van der Waals surface area (Å²) in [6.45, 7) is 7.12. The molecule has 0 heteroatoms. The third-order valence-electron chi connectivity index (χ3n) is 3.30. The normalized spacial score (nSPS) is 27.0. The molecule has 0 radical (unpaired) electrons. The fourth-order valence-electron chi connectivity index (χ4n) is 1.72. The molecule has 54 valence electrons. The van der Waals surface area contributed by atoms with Gasteiger partial charge in [-0.1, -0.05) is 33.6 Å². The van der Waals surface area contributed by atoms with Gasteiger partial charge in [0.25, 0.3) is 0 Å². The second-order valence-electron chi connectivity index (χ2n) is 3.82. The summed E-state index contributed by atoms with van der Waals surface area (Å²) in [7, 11) is 0. The summed E-state index contributed by atoms with van der Waals surface area (Å²) in [5.74, 6) is 0.950. The topological polar surface area (TPSA) is 0 Å². The lowest BCUT2D eigenvalue weighted by Gasteiger charge is -2.43. The van der Waals surface area contributed by atoms with Gasteiger partial charge in [0, 0.05) is 0 Å². The summed E-state index contributed by atoms with van der Waals surface area (Å²) in [4.78, 5) is 0. The first-order valence-corrected chi connectivity index (χ1v) is 4.19. The molecule has 0 amide bonds. The van der Waals surface area contributed by atoms with Crippen molar-refractivity contribution in [1.29, 1.82) is 0 Å². The molecule has 1 aliphatic rings. The number of hydrogen-bond acceptors (Lipinski definition) is 0. The molecule has 0 aromatic heterocycles. The van der Waals surface area contributed by atoms with E-state index in [1.807, 2.05) is 0 Å². The molecule has 0 saturated heterocycles. The van der Waals surface area contributed by atoms with Crippen LogP contribution in [-0.4, -0.2) is 0 Å².